The number of anilines is 1. The molecule has 0 bridgehead atoms. The number of thiocarbonyl (C=S) groups is 1. The molecule has 0 spiro atoms. The molecular formula is C24H19N5O2S2. The van der Waals surface area contributed by atoms with E-state index in [0.717, 1.165) is 26.9 Å². The zero-order valence-electron chi connectivity index (χ0n) is 17.3. The van der Waals surface area contributed by atoms with Crippen LogP contribution in [-0.4, -0.2) is 20.0 Å². The average molecular weight is 474 g/mol. The quantitative estimate of drug-likeness (QED) is 0.213. The van der Waals surface area contributed by atoms with Gasteiger partial charge >= 0.3 is 0 Å². The van der Waals surface area contributed by atoms with Gasteiger partial charge in [0.25, 0.3) is 5.69 Å². The molecule has 7 nitrogen and oxygen atoms in total. The molecule has 1 saturated heterocycles. The summed E-state index contributed by atoms with van der Waals surface area (Å²) >= 11 is 7.28. The van der Waals surface area contributed by atoms with Crippen LogP contribution in [0.4, 0.5) is 11.4 Å². The number of hydrogen-bond acceptors (Lipinski definition) is 5. The SMILES string of the molecule is O=[N+]([O-])c1ccc(Sc2ccc(N3C(=S)NC(c4ccccn4)C3c3ccc[nH]3)cc2)cc1. The number of rotatable bonds is 6. The van der Waals surface area contributed by atoms with Crippen LogP contribution in [0.1, 0.15) is 23.5 Å². The first-order valence-corrected chi connectivity index (χ1v) is 11.5. The van der Waals surface area contributed by atoms with E-state index in [1.807, 2.05) is 54.7 Å². The summed E-state index contributed by atoms with van der Waals surface area (Å²) in [6.45, 7) is 0. The largest absolute Gasteiger partial charge is 0.363 e. The van der Waals surface area contributed by atoms with Gasteiger partial charge in [-0.15, -0.1) is 0 Å². The van der Waals surface area contributed by atoms with E-state index in [2.05, 4.69) is 26.3 Å². The number of aromatic amines is 1. The maximum atomic E-state index is 10.9. The topological polar surface area (TPSA) is 87.1 Å². The predicted molar refractivity (Wildman–Crippen MR) is 132 cm³/mol. The van der Waals surface area contributed by atoms with Crippen LogP contribution < -0.4 is 10.2 Å². The van der Waals surface area contributed by atoms with Gasteiger partial charge in [0, 0.05) is 45.7 Å². The highest BCUT2D eigenvalue weighted by Crippen LogP contribution is 2.41. The minimum absolute atomic E-state index is 0.0735. The van der Waals surface area contributed by atoms with E-state index in [1.54, 1.807) is 30.1 Å². The van der Waals surface area contributed by atoms with Crippen molar-refractivity contribution in [3.63, 3.8) is 0 Å². The van der Waals surface area contributed by atoms with E-state index >= 15 is 0 Å². The Hall–Kier alpha value is -3.69. The molecule has 2 aromatic heterocycles. The second-order valence-electron chi connectivity index (χ2n) is 7.47. The van der Waals surface area contributed by atoms with Crippen LogP contribution in [-0.2, 0) is 0 Å². The molecule has 0 aliphatic carbocycles. The summed E-state index contributed by atoms with van der Waals surface area (Å²) in [5.74, 6) is 0. The van der Waals surface area contributed by atoms with E-state index in [9.17, 15) is 10.1 Å². The number of nitrogens with one attached hydrogen (secondary N) is 2. The van der Waals surface area contributed by atoms with Gasteiger partial charge in [0.05, 0.1) is 16.7 Å². The highest BCUT2D eigenvalue weighted by molar-refractivity contribution is 7.99. The lowest BCUT2D eigenvalue weighted by Crippen LogP contribution is -2.29. The van der Waals surface area contributed by atoms with Crippen molar-refractivity contribution in [1.82, 2.24) is 15.3 Å². The van der Waals surface area contributed by atoms with Crippen molar-refractivity contribution < 1.29 is 4.92 Å². The Bertz CT molecular complexity index is 1260. The molecule has 2 aromatic carbocycles. The third kappa shape index (κ3) is 4.33. The van der Waals surface area contributed by atoms with Gasteiger partial charge in [-0.3, -0.25) is 15.1 Å². The van der Waals surface area contributed by atoms with Gasteiger partial charge < -0.3 is 15.2 Å². The van der Waals surface area contributed by atoms with E-state index in [0.29, 0.717) is 5.11 Å². The molecule has 0 amide bonds. The molecule has 0 saturated carbocycles. The summed E-state index contributed by atoms with van der Waals surface area (Å²) in [4.78, 5) is 22.4. The molecule has 2 N–H and O–H groups in total. The van der Waals surface area contributed by atoms with Gasteiger partial charge in [0.15, 0.2) is 5.11 Å². The lowest BCUT2D eigenvalue weighted by molar-refractivity contribution is -0.384. The van der Waals surface area contributed by atoms with Crippen molar-refractivity contribution in [3.8, 4) is 0 Å². The normalized spacial score (nSPS) is 17.7. The highest BCUT2D eigenvalue weighted by Gasteiger charge is 2.41. The number of benzene rings is 2. The van der Waals surface area contributed by atoms with Crippen molar-refractivity contribution in [2.24, 2.45) is 0 Å². The van der Waals surface area contributed by atoms with Gasteiger partial charge in [-0.05, 0) is 72.9 Å². The number of non-ortho nitro benzene ring substituents is 1. The standard InChI is InChI=1S/C24H19N5O2S2/c30-29(31)17-8-12-19(13-9-17)33-18-10-6-16(7-11-18)28-23(21-5-3-15-26-21)22(27-24(28)32)20-4-1-2-14-25-20/h1-15,22-23,26H,(H,27,32). The van der Waals surface area contributed by atoms with E-state index in [-0.39, 0.29) is 17.8 Å². The summed E-state index contributed by atoms with van der Waals surface area (Å²) < 4.78 is 0. The van der Waals surface area contributed by atoms with Crippen LogP contribution in [0.5, 0.6) is 0 Å². The lowest BCUT2D eigenvalue weighted by Gasteiger charge is -2.27. The van der Waals surface area contributed by atoms with Gasteiger partial charge in [-0.1, -0.05) is 17.8 Å². The smallest absolute Gasteiger partial charge is 0.269 e. The molecule has 164 valence electrons. The molecule has 5 rings (SSSR count). The van der Waals surface area contributed by atoms with Crippen LogP contribution in [0.2, 0.25) is 0 Å². The first-order valence-electron chi connectivity index (χ1n) is 10.3. The molecule has 4 aromatic rings. The summed E-state index contributed by atoms with van der Waals surface area (Å²) in [6.07, 6.45) is 3.70. The number of H-pyrrole nitrogens is 1. The first-order chi connectivity index (χ1) is 16.1. The third-order valence-corrected chi connectivity index (χ3v) is 6.77. The van der Waals surface area contributed by atoms with Gasteiger partial charge in [-0.2, -0.15) is 0 Å². The second kappa shape index (κ2) is 9.05. The molecule has 1 fully saturated rings. The van der Waals surface area contributed by atoms with E-state index in [4.69, 9.17) is 12.2 Å². The molecule has 33 heavy (non-hydrogen) atoms. The van der Waals surface area contributed by atoms with Crippen molar-refractivity contribution >= 4 is 40.5 Å². The van der Waals surface area contributed by atoms with Crippen molar-refractivity contribution in [2.45, 2.75) is 21.9 Å². The first kappa shape index (κ1) is 21.2. The van der Waals surface area contributed by atoms with E-state index < -0.39 is 4.92 Å². The summed E-state index contributed by atoms with van der Waals surface area (Å²) in [5.41, 5.74) is 3.02. The zero-order chi connectivity index (χ0) is 22.8. The molecule has 2 atom stereocenters. The van der Waals surface area contributed by atoms with E-state index in [1.165, 1.54) is 12.1 Å². The molecule has 9 heteroatoms. The van der Waals surface area contributed by atoms with Gasteiger partial charge in [-0.25, -0.2) is 0 Å². The second-order valence-corrected chi connectivity index (χ2v) is 9.00. The fraction of sp³-hybridized carbons (Fsp3) is 0.0833. The highest BCUT2D eigenvalue weighted by atomic mass is 32.2. The third-order valence-electron chi connectivity index (χ3n) is 5.44. The average Bonchev–Trinajstić information content (AvgIpc) is 3.48. The Labute approximate surface area is 200 Å². The maximum absolute atomic E-state index is 10.9. The van der Waals surface area contributed by atoms with Gasteiger partial charge in [0.2, 0.25) is 0 Å². The number of pyridine rings is 1. The Balaban J connectivity index is 1.41. The molecule has 2 unspecified atom stereocenters. The van der Waals surface area contributed by atoms with Crippen molar-refractivity contribution in [1.29, 1.82) is 0 Å². The van der Waals surface area contributed by atoms with Crippen LogP contribution in [0, 0.1) is 10.1 Å². The number of nitrogens with zero attached hydrogens (tertiary/aromatic N) is 3. The lowest BCUT2D eigenvalue weighted by atomic mass is 10.0. The molecule has 1 aliphatic heterocycles. The van der Waals surface area contributed by atoms with Crippen molar-refractivity contribution in [3.05, 3.63) is 113 Å². The van der Waals surface area contributed by atoms with Crippen LogP contribution in [0.3, 0.4) is 0 Å². The predicted octanol–water partition coefficient (Wildman–Crippen LogP) is 5.65. The molecule has 3 heterocycles. The maximum Gasteiger partial charge on any atom is 0.269 e. The molecular weight excluding hydrogens is 454 g/mol. The number of nitro groups is 1. The number of nitro benzene ring substituents is 1. The number of aromatic nitrogens is 2. The Morgan fingerprint density at radius 2 is 1.70 bits per heavy atom. The monoisotopic (exact) mass is 473 g/mol. The Morgan fingerprint density at radius 3 is 2.30 bits per heavy atom. The summed E-state index contributed by atoms with van der Waals surface area (Å²) in [7, 11) is 0. The zero-order valence-corrected chi connectivity index (χ0v) is 18.9. The Kier molecular flexibility index (Phi) is 5.80. The summed E-state index contributed by atoms with van der Waals surface area (Å²) in [5, 5.41) is 14.9. The summed E-state index contributed by atoms with van der Waals surface area (Å²) in [6, 6.07) is 24.5. The fourth-order valence-corrected chi connectivity index (χ4v) is 5.09. The molecule has 1 aliphatic rings. The van der Waals surface area contributed by atoms with Crippen LogP contribution in [0.15, 0.2) is 101 Å². The van der Waals surface area contributed by atoms with Crippen LogP contribution in [0.25, 0.3) is 0 Å². The fourth-order valence-electron chi connectivity index (χ4n) is 3.92. The van der Waals surface area contributed by atoms with Crippen LogP contribution >= 0.6 is 24.0 Å². The minimum Gasteiger partial charge on any atom is -0.363 e. The molecule has 0 radical (unpaired) electrons. The van der Waals surface area contributed by atoms with Gasteiger partial charge in [0.1, 0.15) is 6.04 Å². The number of hydrogen-bond donors (Lipinski definition) is 2. The van der Waals surface area contributed by atoms with Crippen molar-refractivity contribution in [2.75, 3.05) is 4.90 Å². The minimum atomic E-state index is -0.394. The Morgan fingerprint density at radius 1 is 0.970 bits per heavy atom.